The van der Waals surface area contributed by atoms with Gasteiger partial charge in [0.1, 0.15) is 11.7 Å². The molecule has 4 saturated heterocycles. The quantitative estimate of drug-likeness (QED) is 0.256. The zero-order valence-corrected chi connectivity index (χ0v) is 33.4. The molecule has 294 valence electrons. The minimum atomic E-state index is -1.20. The van der Waals surface area contributed by atoms with E-state index >= 15 is 0 Å². The summed E-state index contributed by atoms with van der Waals surface area (Å²) in [5, 5.41) is 38.7. The van der Waals surface area contributed by atoms with E-state index in [0.717, 1.165) is 70.0 Å². The Hall–Kier alpha value is -1.29. The average Bonchev–Trinajstić information content (AvgIpc) is 3.56. The summed E-state index contributed by atoms with van der Waals surface area (Å²) in [6, 6.07) is 0.739. The second-order valence-electron chi connectivity index (χ2n) is 23.2. The highest BCUT2D eigenvalue weighted by atomic mass is 16.5. The van der Waals surface area contributed by atoms with Crippen molar-refractivity contribution >= 4 is 5.97 Å². The smallest absolute Gasteiger partial charge is 0.308 e. The molecule has 4 aliphatic heterocycles. The predicted molar refractivity (Wildman–Crippen MR) is 201 cm³/mol. The Bertz CT molecular complexity index is 1850. The fraction of sp³-hybridized carbons (Fsp3) is 0.891. The van der Waals surface area contributed by atoms with Crippen molar-refractivity contribution in [1.82, 2.24) is 9.80 Å². The molecule has 8 heteroatoms. The van der Waals surface area contributed by atoms with Gasteiger partial charge in [-0.05, 0) is 118 Å². The average molecular weight is 741 g/mol. The normalized spacial score (nSPS) is 65.5. The molecule has 14 fully saturated rings. The molecule has 8 nitrogen and oxygen atoms in total. The number of likely N-dealkylation sites (tertiary alicyclic amines) is 1. The number of rotatable bonds is 6. The third-order valence-corrected chi connectivity index (χ3v) is 22.0. The van der Waals surface area contributed by atoms with E-state index in [9.17, 15) is 20.1 Å². The number of aliphatic hydroxyl groups excluding tert-OH is 1. The van der Waals surface area contributed by atoms with E-state index < -0.39 is 22.7 Å². The number of piperidine rings is 3. The summed E-state index contributed by atoms with van der Waals surface area (Å²) in [6.07, 6.45) is 13.5. The number of nitrogens with zero attached hydrogens (tertiary/aromatic N) is 2. The van der Waals surface area contributed by atoms with Crippen molar-refractivity contribution < 1.29 is 29.6 Å². The maximum Gasteiger partial charge on any atom is 0.308 e. The van der Waals surface area contributed by atoms with Gasteiger partial charge in [0.2, 0.25) is 0 Å². The molecular formula is C46H64N2O6. The Balaban J connectivity index is 0.880. The van der Waals surface area contributed by atoms with Gasteiger partial charge in [-0.15, -0.1) is 0 Å². The number of carbonyl (C=O) groups excluding carboxylic acids is 1. The van der Waals surface area contributed by atoms with Crippen molar-refractivity contribution in [1.29, 1.82) is 0 Å². The fourth-order valence-electron chi connectivity index (χ4n) is 21.2. The number of fused-ring (bicyclic) bond motifs is 1. The third kappa shape index (κ3) is 2.99. The Labute approximate surface area is 321 Å². The van der Waals surface area contributed by atoms with Crippen LogP contribution in [-0.2, 0) is 14.3 Å². The zero-order valence-electron chi connectivity index (χ0n) is 33.4. The molecule has 2 unspecified atom stereocenters. The maximum atomic E-state index is 13.4. The molecule has 0 aromatic carbocycles. The van der Waals surface area contributed by atoms with Gasteiger partial charge in [-0.2, -0.15) is 0 Å². The van der Waals surface area contributed by atoms with Crippen molar-refractivity contribution in [3.8, 4) is 0 Å². The van der Waals surface area contributed by atoms with Crippen LogP contribution in [0.1, 0.15) is 105 Å². The monoisotopic (exact) mass is 740 g/mol. The van der Waals surface area contributed by atoms with Crippen LogP contribution in [0.25, 0.3) is 0 Å². The van der Waals surface area contributed by atoms with Crippen molar-refractivity contribution in [3.63, 3.8) is 0 Å². The number of ether oxygens (including phenoxy) is 2. The Kier molecular flexibility index (Phi) is 5.88. The number of hydrogen-bond donors (Lipinski definition) is 3. The van der Waals surface area contributed by atoms with Crippen molar-refractivity contribution in [3.05, 3.63) is 23.8 Å². The van der Waals surface area contributed by atoms with Gasteiger partial charge in [-0.25, -0.2) is 0 Å². The molecule has 0 aromatic rings. The minimum absolute atomic E-state index is 0.00000274. The van der Waals surface area contributed by atoms with E-state index in [1.54, 1.807) is 0 Å². The molecule has 4 spiro atoms. The van der Waals surface area contributed by atoms with Crippen LogP contribution in [0.2, 0.25) is 0 Å². The summed E-state index contributed by atoms with van der Waals surface area (Å²) >= 11 is 0. The molecule has 4 heterocycles. The number of aliphatic hydroxyl groups is 3. The highest BCUT2D eigenvalue weighted by Gasteiger charge is 2.95. The lowest BCUT2D eigenvalue weighted by Crippen LogP contribution is -2.76. The van der Waals surface area contributed by atoms with Gasteiger partial charge in [0.25, 0.3) is 0 Å². The molecule has 16 rings (SSSR count). The molecule has 0 amide bonds. The standard InChI is InChI=1S/C46H64N2O6/c1-7-23(2)37(50)54-27-17-39(4)21-48-29-19-42-15-24(3)31-32(34(42)43(18-27,33(29)39)38(48)46(42,52)36(31)49)53-20-26-16-41-11-12-45(51)40(5)9-8-10-44(45)30(41)14-25(26)13-28(41)35(44)47(6)22-40/h16,23,25,27-36,38,49,51-52H,3,7-15,17-22H2,1-2,4-6H3/t23?,25-,27-,28+,29-,30+,31+,32+,33+,34+,35+,36+,38-,39-,40-,41+,42+,43-,44-,45-,46-/m0/s1. The summed E-state index contributed by atoms with van der Waals surface area (Å²) in [6.45, 7) is 16.0. The van der Waals surface area contributed by atoms with E-state index in [-0.39, 0.29) is 69.0 Å². The van der Waals surface area contributed by atoms with E-state index in [2.05, 4.69) is 50.3 Å². The van der Waals surface area contributed by atoms with Crippen LogP contribution < -0.4 is 0 Å². The molecule has 0 aromatic heterocycles. The molecule has 10 saturated carbocycles. The highest BCUT2D eigenvalue weighted by Crippen LogP contribution is 2.89. The third-order valence-electron chi connectivity index (χ3n) is 22.0. The van der Waals surface area contributed by atoms with Crippen molar-refractivity contribution in [2.75, 3.05) is 26.7 Å². The summed E-state index contributed by atoms with van der Waals surface area (Å²) in [4.78, 5) is 18.7. The summed E-state index contributed by atoms with van der Waals surface area (Å²) in [5.74, 6) is 1.64. The van der Waals surface area contributed by atoms with Crippen LogP contribution in [-0.4, -0.2) is 105 Å². The summed E-state index contributed by atoms with van der Waals surface area (Å²) in [7, 11) is 2.37. The van der Waals surface area contributed by atoms with Gasteiger partial charge in [0.15, 0.2) is 0 Å². The van der Waals surface area contributed by atoms with Gasteiger partial charge in [0, 0.05) is 64.7 Å². The number of carbonyl (C=O) groups is 1. The second kappa shape index (κ2) is 9.44. The highest BCUT2D eigenvalue weighted by molar-refractivity contribution is 5.72. The van der Waals surface area contributed by atoms with Crippen LogP contribution in [0.5, 0.6) is 0 Å². The molecule has 0 radical (unpaired) electrons. The maximum absolute atomic E-state index is 13.4. The van der Waals surface area contributed by atoms with Gasteiger partial charge < -0.3 is 29.7 Å². The molecule has 54 heavy (non-hydrogen) atoms. The van der Waals surface area contributed by atoms with Crippen molar-refractivity contribution in [2.45, 2.75) is 152 Å². The topological polar surface area (TPSA) is 103 Å². The molecule has 16 aliphatic rings. The SMILES string of the molecule is C=C1C[C@@]23C[C@H]4[C@@H]5[C@@]6(C)C[C@H](OC(=O)C(C)CC)C[C@@]57[C@@H]2[C@H](OCC2=C[C@@]58CC[C@]9(O)[C@@]%10(C)CCC[C@@]9%11[C@@H]5C[C@@H]2C[C@@H]8[C@H]%11N(C)C%10)[C@@H]1[C@@H](O)[C@]3(O)[C@H]7N4C6. The summed E-state index contributed by atoms with van der Waals surface area (Å²) in [5.41, 5.74) is 0.188. The minimum Gasteiger partial charge on any atom is -0.462 e. The second-order valence-corrected chi connectivity index (χ2v) is 23.2. The summed E-state index contributed by atoms with van der Waals surface area (Å²) < 4.78 is 13.9. The first kappa shape index (κ1) is 33.7. The van der Waals surface area contributed by atoms with Gasteiger partial charge >= 0.3 is 5.97 Å². The Morgan fingerprint density at radius 3 is 2.69 bits per heavy atom. The lowest BCUT2D eigenvalue weighted by molar-refractivity contribution is -0.287. The molecule has 15 bridgehead atoms. The van der Waals surface area contributed by atoms with Crippen molar-refractivity contribution in [2.24, 2.45) is 73.9 Å². The van der Waals surface area contributed by atoms with E-state index in [1.807, 2.05) is 6.92 Å². The molecular weight excluding hydrogens is 677 g/mol. The Morgan fingerprint density at radius 1 is 1.07 bits per heavy atom. The number of esters is 1. The van der Waals surface area contributed by atoms with Crippen LogP contribution in [0.4, 0.5) is 0 Å². The van der Waals surface area contributed by atoms with E-state index in [0.29, 0.717) is 42.4 Å². The van der Waals surface area contributed by atoms with Crippen LogP contribution in [0.3, 0.4) is 0 Å². The van der Waals surface area contributed by atoms with E-state index in [1.165, 1.54) is 31.3 Å². The first-order valence-corrected chi connectivity index (χ1v) is 22.4. The van der Waals surface area contributed by atoms with Gasteiger partial charge in [-0.1, -0.05) is 52.3 Å². The zero-order chi connectivity index (χ0) is 37.1. The van der Waals surface area contributed by atoms with E-state index in [4.69, 9.17) is 9.47 Å². The lowest BCUT2D eigenvalue weighted by atomic mass is 9.39. The Morgan fingerprint density at radius 2 is 1.89 bits per heavy atom. The van der Waals surface area contributed by atoms with Gasteiger partial charge in [0.05, 0.1) is 30.3 Å². The number of allylic oxidation sites excluding steroid dienone is 1. The molecule has 3 N–H and O–H groups in total. The first-order chi connectivity index (χ1) is 25.6. The molecule has 12 aliphatic carbocycles. The van der Waals surface area contributed by atoms with Crippen LogP contribution in [0, 0.1) is 73.9 Å². The van der Waals surface area contributed by atoms with Gasteiger partial charge in [-0.3, -0.25) is 9.69 Å². The largest absolute Gasteiger partial charge is 0.462 e. The van der Waals surface area contributed by atoms with Crippen LogP contribution >= 0.6 is 0 Å². The lowest BCUT2D eigenvalue weighted by Gasteiger charge is -2.71. The first-order valence-electron chi connectivity index (χ1n) is 22.4. The fourth-order valence-corrected chi connectivity index (χ4v) is 21.2. The van der Waals surface area contributed by atoms with Crippen LogP contribution in [0.15, 0.2) is 23.8 Å². The molecule has 22 atom stereocenters. The predicted octanol–water partition coefficient (Wildman–Crippen LogP) is 5.10. The number of hydrogen-bond acceptors (Lipinski definition) is 8.